The SMILES string of the molecule is CCC(=O)Oc1noc(C)c1-c1ccc2c(c1)nc(C1CCC(=O)N1c1ccc(F)c(F)c1)n2C1CCC(OC(C)=O)CC1. The number of nitrogens with zero attached hydrogens (tertiary/aromatic N) is 4. The van der Waals surface area contributed by atoms with Crippen molar-refractivity contribution in [2.75, 3.05) is 4.90 Å². The fraction of sp³-hybridized carbons (Fsp3) is 0.406. The van der Waals surface area contributed by atoms with E-state index in [1.165, 1.54) is 17.9 Å². The number of amides is 1. The summed E-state index contributed by atoms with van der Waals surface area (Å²) in [5.74, 6) is -1.82. The third-order valence-electron chi connectivity index (χ3n) is 8.37. The van der Waals surface area contributed by atoms with Crippen molar-refractivity contribution in [3.63, 3.8) is 0 Å². The molecule has 2 aliphatic rings. The Morgan fingerprint density at radius 1 is 1.05 bits per heavy atom. The normalized spacial score (nSPS) is 20.3. The van der Waals surface area contributed by atoms with Gasteiger partial charge in [-0.25, -0.2) is 13.8 Å². The summed E-state index contributed by atoms with van der Waals surface area (Å²) in [6.45, 7) is 4.82. The number of ether oxygens (including phenoxy) is 2. The fourth-order valence-electron chi connectivity index (χ4n) is 6.36. The first-order valence-corrected chi connectivity index (χ1v) is 14.8. The lowest BCUT2D eigenvalue weighted by atomic mass is 9.92. The van der Waals surface area contributed by atoms with Gasteiger partial charge in [0.25, 0.3) is 5.88 Å². The summed E-state index contributed by atoms with van der Waals surface area (Å²) in [5.41, 5.74) is 2.94. The molecule has 0 radical (unpaired) electrons. The summed E-state index contributed by atoms with van der Waals surface area (Å²) in [7, 11) is 0. The molecule has 1 saturated heterocycles. The van der Waals surface area contributed by atoms with Crippen LogP contribution in [0.5, 0.6) is 5.88 Å². The van der Waals surface area contributed by atoms with Gasteiger partial charge in [-0.15, -0.1) is 0 Å². The average molecular weight is 607 g/mol. The number of fused-ring (bicyclic) bond motifs is 1. The molecule has 1 saturated carbocycles. The lowest BCUT2D eigenvalue weighted by molar-refractivity contribution is -0.148. The van der Waals surface area contributed by atoms with Crippen LogP contribution in [0.2, 0.25) is 0 Å². The molecule has 6 rings (SSSR count). The highest BCUT2D eigenvalue weighted by molar-refractivity contribution is 5.96. The number of carbonyl (C=O) groups is 3. The number of aryl methyl sites for hydroxylation is 1. The van der Waals surface area contributed by atoms with E-state index in [0.29, 0.717) is 60.3 Å². The number of rotatable bonds is 7. The molecule has 2 fully saturated rings. The van der Waals surface area contributed by atoms with Gasteiger partial charge in [0.05, 0.1) is 22.6 Å². The number of esters is 2. The first-order valence-electron chi connectivity index (χ1n) is 14.8. The molecule has 1 unspecified atom stereocenters. The zero-order valence-electron chi connectivity index (χ0n) is 24.6. The smallest absolute Gasteiger partial charge is 0.312 e. The Bertz CT molecular complexity index is 1760. The lowest BCUT2D eigenvalue weighted by Gasteiger charge is -2.32. The molecule has 2 aromatic heterocycles. The number of hydrogen-bond acceptors (Lipinski definition) is 8. The second-order valence-corrected chi connectivity index (χ2v) is 11.2. The van der Waals surface area contributed by atoms with Crippen molar-refractivity contribution in [2.24, 2.45) is 0 Å². The van der Waals surface area contributed by atoms with Crippen LogP contribution in [0.4, 0.5) is 14.5 Å². The molecular weight excluding hydrogens is 574 g/mol. The lowest BCUT2D eigenvalue weighted by Crippen LogP contribution is -2.31. The molecule has 4 aromatic rings. The highest BCUT2D eigenvalue weighted by Crippen LogP contribution is 2.43. The maximum absolute atomic E-state index is 14.3. The van der Waals surface area contributed by atoms with Gasteiger partial charge in [0.1, 0.15) is 17.7 Å². The van der Waals surface area contributed by atoms with E-state index < -0.39 is 23.6 Å². The Labute approximate surface area is 251 Å². The van der Waals surface area contributed by atoms with Gasteiger partial charge in [0.15, 0.2) is 11.6 Å². The number of anilines is 1. The summed E-state index contributed by atoms with van der Waals surface area (Å²) in [6.07, 6.45) is 3.45. The summed E-state index contributed by atoms with van der Waals surface area (Å²) >= 11 is 0. The van der Waals surface area contributed by atoms with Crippen LogP contribution < -0.4 is 9.64 Å². The molecule has 10 nitrogen and oxygen atoms in total. The van der Waals surface area contributed by atoms with Crippen LogP contribution in [0.1, 0.15) is 82.5 Å². The van der Waals surface area contributed by atoms with Gasteiger partial charge < -0.3 is 23.5 Å². The second kappa shape index (κ2) is 11.8. The molecular formula is C32H32F2N4O6. The highest BCUT2D eigenvalue weighted by atomic mass is 19.2. The topological polar surface area (TPSA) is 117 Å². The van der Waals surface area contributed by atoms with Crippen molar-refractivity contribution in [3.8, 4) is 17.0 Å². The minimum absolute atomic E-state index is 0.00596. The van der Waals surface area contributed by atoms with Crippen molar-refractivity contribution in [1.82, 2.24) is 14.7 Å². The first-order chi connectivity index (χ1) is 21.1. The number of aromatic nitrogens is 3. The predicted molar refractivity (Wildman–Crippen MR) is 155 cm³/mol. The van der Waals surface area contributed by atoms with E-state index in [2.05, 4.69) is 9.72 Å². The maximum atomic E-state index is 14.3. The second-order valence-electron chi connectivity index (χ2n) is 11.2. The molecule has 2 aromatic carbocycles. The van der Waals surface area contributed by atoms with Crippen molar-refractivity contribution in [1.29, 1.82) is 0 Å². The van der Waals surface area contributed by atoms with Gasteiger partial charge in [0.2, 0.25) is 5.91 Å². The van der Waals surface area contributed by atoms with Crippen molar-refractivity contribution in [2.45, 2.75) is 83.9 Å². The number of halogens is 2. The quantitative estimate of drug-likeness (QED) is 0.219. The minimum Gasteiger partial charge on any atom is -0.463 e. The van der Waals surface area contributed by atoms with Crippen molar-refractivity contribution >= 4 is 34.6 Å². The van der Waals surface area contributed by atoms with E-state index in [1.54, 1.807) is 13.8 Å². The van der Waals surface area contributed by atoms with Crippen molar-refractivity contribution < 1.29 is 37.2 Å². The molecule has 1 aliphatic carbocycles. The number of hydrogen-bond donors (Lipinski definition) is 0. The number of imidazole rings is 1. The van der Waals surface area contributed by atoms with Crippen LogP contribution in [0.25, 0.3) is 22.2 Å². The predicted octanol–water partition coefficient (Wildman–Crippen LogP) is 6.51. The minimum atomic E-state index is -1.04. The van der Waals surface area contributed by atoms with Gasteiger partial charge >= 0.3 is 11.9 Å². The van der Waals surface area contributed by atoms with Crippen LogP contribution >= 0.6 is 0 Å². The largest absolute Gasteiger partial charge is 0.463 e. The van der Waals surface area contributed by atoms with Gasteiger partial charge in [-0.1, -0.05) is 13.0 Å². The van der Waals surface area contributed by atoms with Gasteiger partial charge in [0, 0.05) is 37.6 Å². The van der Waals surface area contributed by atoms with E-state index in [9.17, 15) is 23.2 Å². The fourth-order valence-corrected chi connectivity index (χ4v) is 6.36. The van der Waals surface area contributed by atoms with E-state index in [-0.39, 0.29) is 48.4 Å². The van der Waals surface area contributed by atoms with E-state index >= 15 is 0 Å². The van der Waals surface area contributed by atoms with Crippen LogP contribution in [-0.2, 0) is 19.1 Å². The van der Waals surface area contributed by atoms with Crippen LogP contribution in [0.15, 0.2) is 40.9 Å². The Balaban J connectivity index is 1.45. The maximum Gasteiger partial charge on any atom is 0.312 e. The Hall–Kier alpha value is -4.61. The Morgan fingerprint density at radius 2 is 1.82 bits per heavy atom. The zero-order chi connectivity index (χ0) is 31.1. The van der Waals surface area contributed by atoms with E-state index in [0.717, 1.165) is 17.6 Å². The monoisotopic (exact) mass is 606 g/mol. The molecule has 0 N–H and O–H groups in total. The summed E-state index contributed by atoms with van der Waals surface area (Å²) in [6, 6.07) is 8.60. The van der Waals surface area contributed by atoms with Gasteiger partial charge in [-0.3, -0.25) is 14.4 Å². The Kier molecular flexibility index (Phi) is 7.91. The molecule has 44 heavy (non-hydrogen) atoms. The molecule has 0 bridgehead atoms. The van der Waals surface area contributed by atoms with Crippen LogP contribution in [-0.4, -0.2) is 38.7 Å². The molecule has 230 valence electrons. The first kappa shape index (κ1) is 29.5. The number of carbonyl (C=O) groups excluding carboxylic acids is 3. The molecule has 0 spiro atoms. The van der Waals surface area contributed by atoms with E-state index in [1.807, 2.05) is 18.2 Å². The van der Waals surface area contributed by atoms with Crippen LogP contribution in [0, 0.1) is 18.6 Å². The molecule has 1 amide bonds. The van der Waals surface area contributed by atoms with Gasteiger partial charge in [-0.05, 0) is 74.0 Å². The third kappa shape index (κ3) is 5.44. The summed E-state index contributed by atoms with van der Waals surface area (Å²) in [5, 5.41) is 3.93. The third-order valence-corrected chi connectivity index (χ3v) is 8.37. The molecule has 1 aliphatic heterocycles. The van der Waals surface area contributed by atoms with Crippen LogP contribution in [0.3, 0.4) is 0 Å². The number of benzene rings is 2. The highest BCUT2D eigenvalue weighted by Gasteiger charge is 2.39. The Morgan fingerprint density at radius 3 is 2.52 bits per heavy atom. The van der Waals surface area contributed by atoms with E-state index in [4.69, 9.17) is 19.0 Å². The summed E-state index contributed by atoms with van der Waals surface area (Å²) < 4.78 is 46.4. The molecule has 1 atom stereocenters. The average Bonchev–Trinajstić information content (AvgIpc) is 3.68. The van der Waals surface area contributed by atoms with Gasteiger partial charge in [-0.2, -0.15) is 0 Å². The standard InChI is InChI=1S/C32H32F2N4O6/c1-4-29(41)43-32-30(17(2)44-36-32)19-5-12-26-25(15-19)35-31(38(26)20-6-9-22(10-7-20)42-18(3)39)27-13-14-28(40)37(27)21-8-11-23(33)24(34)16-21/h5,8,11-12,15-16,20,22,27H,4,6-7,9-10,13-14H2,1-3H3. The molecule has 12 heteroatoms. The summed E-state index contributed by atoms with van der Waals surface area (Å²) in [4.78, 5) is 43.3. The molecule has 3 heterocycles. The van der Waals surface area contributed by atoms with Crippen molar-refractivity contribution in [3.05, 3.63) is 59.6 Å². The zero-order valence-corrected chi connectivity index (χ0v) is 24.6.